The summed E-state index contributed by atoms with van der Waals surface area (Å²) in [6.45, 7) is 11.1. The third-order valence-corrected chi connectivity index (χ3v) is 6.86. The number of ketones is 1. The Morgan fingerprint density at radius 3 is 2.20 bits per heavy atom. The van der Waals surface area contributed by atoms with Crippen LogP contribution in [0.25, 0.3) is 5.76 Å². The molecule has 0 radical (unpaired) electrons. The number of aliphatic hydroxyl groups is 1. The number of aliphatic hydroxyl groups excluding tert-OH is 1. The van der Waals surface area contributed by atoms with Crippen LogP contribution in [-0.2, 0) is 15.0 Å². The van der Waals surface area contributed by atoms with Gasteiger partial charge in [-0.15, -0.1) is 0 Å². The summed E-state index contributed by atoms with van der Waals surface area (Å²) in [6.07, 6.45) is 0. The van der Waals surface area contributed by atoms with Gasteiger partial charge in [-0.2, -0.15) is 0 Å². The molecule has 0 saturated carbocycles. The summed E-state index contributed by atoms with van der Waals surface area (Å²) in [7, 11) is 1.57. The molecule has 0 bridgehead atoms. The first-order valence-corrected chi connectivity index (χ1v) is 12.2. The van der Waals surface area contributed by atoms with Crippen LogP contribution in [0.5, 0.6) is 5.75 Å². The normalized spacial score (nSPS) is 20.9. The standard InChI is InChI=1S/C28H35N3O4/c1-28(2,3)21-9-5-19(6-10-21)24-23(25(32)20-7-11-22(35-4)12-8-20)26(33)27(34)31(24)18-17-30-15-13-29-14-16-30/h5-12,24,29,32H,13-18H2,1-4H3/t24-/m0/s1. The molecule has 2 fully saturated rings. The minimum atomic E-state index is -0.650. The number of carbonyl (C=O) groups excluding carboxylic acids is 2. The first-order valence-electron chi connectivity index (χ1n) is 12.2. The molecule has 2 aliphatic rings. The van der Waals surface area contributed by atoms with E-state index < -0.39 is 17.7 Å². The van der Waals surface area contributed by atoms with Gasteiger partial charge in [0.1, 0.15) is 11.5 Å². The van der Waals surface area contributed by atoms with Gasteiger partial charge < -0.3 is 20.1 Å². The van der Waals surface area contributed by atoms with Gasteiger partial charge in [-0.25, -0.2) is 0 Å². The van der Waals surface area contributed by atoms with Gasteiger partial charge in [-0.3, -0.25) is 14.5 Å². The van der Waals surface area contributed by atoms with E-state index in [9.17, 15) is 14.7 Å². The van der Waals surface area contributed by atoms with Gasteiger partial charge in [0.05, 0.1) is 18.7 Å². The first-order chi connectivity index (χ1) is 16.7. The number of nitrogens with one attached hydrogen (secondary N) is 1. The molecule has 2 aliphatic heterocycles. The van der Waals surface area contributed by atoms with E-state index in [0.717, 1.165) is 37.3 Å². The van der Waals surface area contributed by atoms with E-state index in [1.54, 1.807) is 36.3 Å². The van der Waals surface area contributed by atoms with Crippen molar-refractivity contribution in [3.8, 4) is 5.75 Å². The fourth-order valence-electron chi connectivity index (χ4n) is 4.71. The minimum absolute atomic E-state index is 0.0221. The van der Waals surface area contributed by atoms with Crippen LogP contribution in [0.2, 0.25) is 0 Å². The molecule has 1 atom stereocenters. The fraction of sp³-hybridized carbons (Fsp3) is 0.429. The number of hydrogen-bond donors (Lipinski definition) is 2. The zero-order valence-corrected chi connectivity index (χ0v) is 21.0. The number of Topliss-reactive ketones (excluding diaryl/α,β-unsaturated/α-hetero) is 1. The van der Waals surface area contributed by atoms with Crippen LogP contribution in [-0.4, -0.2) is 73.0 Å². The average Bonchev–Trinajstić information content (AvgIpc) is 3.12. The molecule has 4 rings (SSSR count). The van der Waals surface area contributed by atoms with Crippen LogP contribution in [0.4, 0.5) is 0 Å². The SMILES string of the molecule is COc1ccc(C(O)=C2C(=O)C(=O)N(CCN3CCNCC3)[C@H]2c2ccc(C(C)(C)C)cc2)cc1. The van der Waals surface area contributed by atoms with E-state index in [4.69, 9.17) is 4.74 Å². The lowest BCUT2D eigenvalue weighted by Crippen LogP contribution is -2.46. The van der Waals surface area contributed by atoms with Crippen molar-refractivity contribution in [3.05, 3.63) is 70.8 Å². The number of ether oxygens (including phenoxy) is 1. The third kappa shape index (κ3) is 5.26. The summed E-state index contributed by atoms with van der Waals surface area (Å²) in [5, 5.41) is 14.6. The highest BCUT2D eigenvalue weighted by Gasteiger charge is 2.46. The Morgan fingerprint density at radius 2 is 1.63 bits per heavy atom. The second kappa shape index (κ2) is 10.2. The lowest BCUT2D eigenvalue weighted by Gasteiger charge is -2.31. The quantitative estimate of drug-likeness (QED) is 0.377. The van der Waals surface area contributed by atoms with Crippen LogP contribution in [0.15, 0.2) is 54.1 Å². The lowest BCUT2D eigenvalue weighted by molar-refractivity contribution is -0.140. The summed E-state index contributed by atoms with van der Waals surface area (Å²) >= 11 is 0. The topological polar surface area (TPSA) is 82.1 Å². The molecule has 0 aromatic heterocycles. The van der Waals surface area contributed by atoms with Gasteiger partial charge in [0, 0.05) is 44.8 Å². The highest BCUT2D eigenvalue weighted by molar-refractivity contribution is 6.46. The van der Waals surface area contributed by atoms with E-state index >= 15 is 0 Å². The number of methoxy groups -OCH3 is 1. The van der Waals surface area contributed by atoms with Crippen LogP contribution >= 0.6 is 0 Å². The average molecular weight is 478 g/mol. The Kier molecular flexibility index (Phi) is 7.28. The number of likely N-dealkylation sites (tertiary alicyclic amines) is 1. The number of hydrogen-bond acceptors (Lipinski definition) is 6. The minimum Gasteiger partial charge on any atom is -0.507 e. The molecular formula is C28H35N3O4. The molecule has 2 aromatic rings. The van der Waals surface area contributed by atoms with Crippen molar-refractivity contribution in [2.75, 3.05) is 46.4 Å². The van der Waals surface area contributed by atoms with Crippen LogP contribution in [0.3, 0.4) is 0 Å². The van der Waals surface area contributed by atoms with Crippen molar-refractivity contribution < 1.29 is 19.4 Å². The number of rotatable bonds is 6. The van der Waals surface area contributed by atoms with Crippen molar-refractivity contribution in [1.29, 1.82) is 0 Å². The first kappa shape index (κ1) is 24.9. The van der Waals surface area contributed by atoms with Crippen molar-refractivity contribution in [2.24, 2.45) is 0 Å². The number of carbonyl (C=O) groups is 2. The van der Waals surface area contributed by atoms with E-state index in [2.05, 4.69) is 31.0 Å². The smallest absolute Gasteiger partial charge is 0.295 e. The second-order valence-electron chi connectivity index (χ2n) is 10.2. The maximum atomic E-state index is 13.3. The zero-order chi connectivity index (χ0) is 25.2. The molecule has 2 heterocycles. The molecule has 2 aromatic carbocycles. The fourth-order valence-corrected chi connectivity index (χ4v) is 4.71. The van der Waals surface area contributed by atoms with Crippen molar-refractivity contribution in [2.45, 2.75) is 32.2 Å². The van der Waals surface area contributed by atoms with E-state index in [-0.39, 0.29) is 16.7 Å². The molecule has 0 aliphatic carbocycles. The Hall–Kier alpha value is -3.16. The monoisotopic (exact) mass is 477 g/mol. The van der Waals surface area contributed by atoms with Gasteiger partial charge >= 0.3 is 0 Å². The Balaban J connectivity index is 1.74. The van der Waals surface area contributed by atoms with Gasteiger partial charge in [0.2, 0.25) is 0 Å². The Labute approximate surface area is 207 Å². The third-order valence-electron chi connectivity index (χ3n) is 6.86. The summed E-state index contributed by atoms with van der Waals surface area (Å²) in [4.78, 5) is 30.4. The summed E-state index contributed by atoms with van der Waals surface area (Å²) < 4.78 is 5.21. The number of amides is 1. The number of benzene rings is 2. The molecule has 2 N–H and O–H groups in total. The maximum absolute atomic E-state index is 13.3. The highest BCUT2D eigenvalue weighted by Crippen LogP contribution is 2.40. The molecule has 0 spiro atoms. The predicted octanol–water partition coefficient (Wildman–Crippen LogP) is 3.32. The maximum Gasteiger partial charge on any atom is 0.295 e. The number of piperazine rings is 1. The van der Waals surface area contributed by atoms with Gasteiger partial charge in [-0.1, -0.05) is 45.0 Å². The highest BCUT2D eigenvalue weighted by atomic mass is 16.5. The molecule has 7 nitrogen and oxygen atoms in total. The van der Waals surface area contributed by atoms with Gasteiger partial charge in [0.25, 0.3) is 11.7 Å². The van der Waals surface area contributed by atoms with E-state index in [1.807, 2.05) is 24.3 Å². The predicted molar refractivity (Wildman–Crippen MR) is 136 cm³/mol. The van der Waals surface area contributed by atoms with Gasteiger partial charge in [-0.05, 0) is 40.8 Å². The molecule has 35 heavy (non-hydrogen) atoms. The van der Waals surface area contributed by atoms with E-state index in [0.29, 0.717) is 24.4 Å². The largest absolute Gasteiger partial charge is 0.507 e. The van der Waals surface area contributed by atoms with Crippen molar-refractivity contribution in [1.82, 2.24) is 15.1 Å². The zero-order valence-electron chi connectivity index (χ0n) is 21.0. The van der Waals surface area contributed by atoms with Crippen molar-refractivity contribution in [3.63, 3.8) is 0 Å². The number of nitrogens with zero attached hydrogens (tertiary/aromatic N) is 2. The van der Waals surface area contributed by atoms with Crippen LogP contribution < -0.4 is 10.1 Å². The summed E-state index contributed by atoms with van der Waals surface area (Å²) in [6, 6.07) is 14.2. The van der Waals surface area contributed by atoms with Gasteiger partial charge in [0.15, 0.2) is 0 Å². The molecular weight excluding hydrogens is 442 g/mol. The molecule has 0 unspecified atom stereocenters. The summed E-state index contributed by atoms with van der Waals surface area (Å²) in [5.74, 6) is -0.739. The van der Waals surface area contributed by atoms with Crippen LogP contribution in [0.1, 0.15) is 43.5 Å². The second-order valence-corrected chi connectivity index (χ2v) is 10.2. The van der Waals surface area contributed by atoms with E-state index in [1.165, 1.54) is 0 Å². The molecule has 186 valence electrons. The molecule has 2 saturated heterocycles. The van der Waals surface area contributed by atoms with Crippen molar-refractivity contribution >= 4 is 17.4 Å². The molecule has 1 amide bonds. The lowest BCUT2D eigenvalue weighted by atomic mass is 9.85. The Morgan fingerprint density at radius 1 is 1.00 bits per heavy atom. The van der Waals surface area contributed by atoms with Crippen LogP contribution in [0, 0.1) is 0 Å². The molecule has 7 heteroatoms. The Bertz CT molecular complexity index is 1090. The summed E-state index contributed by atoms with van der Waals surface area (Å²) in [5.41, 5.74) is 2.55.